The molecule has 0 aromatic rings. The van der Waals surface area contributed by atoms with Crippen LogP contribution in [0.3, 0.4) is 0 Å². The first-order chi connectivity index (χ1) is 6.20. The van der Waals surface area contributed by atoms with E-state index in [2.05, 4.69) is 0 Å². The van der Waals surface area contributed by atoms with Gasteiger partial charge in [0, 0.05) is 26.6 Å². The largest absolute Gasteiger partial charge is 0.466 e. The van der Waals surface area contributed by atoms with Crippen molar-refractivity contribution in [3.05, 3.63) is 0 Å². The predicted octanol–water partition coefficient (Wildman–Crippen LogP) is 0.551. The fourth-order valence-corrected chi connectivity index (χ4v) is 0.816. The van der Waals surface area contributed by atoms with Crippen molar-refractivity contribution in [2.45, 2.75) is 19.8 Å². The van der Waals surface area contributed by atoms with E-state index in [0.29, 0.717) is 26.2 Å². The summed E-state index contributed by atoms with van der Waals surface area (Å²) in [4.78, 5) is 11.1. The standard InChI is InChI=1S/C9H19NO3/c1-8(7-10)6-9(11)13-5-3-4-12-2/h8H,3-7,10H2,1-2H3. The normalized spacial score (nSPS) is 12.5. The zero-order chi connectivity index (χ0) is 10.1. The van der Waals surface area contributed by atoms with E-state index in [1.165, 1.54) is 0 Å². The van der Waals surface area contributed by atoms with Crippen LogP contribution in [0, 0.1) is 5.92 Å². The molecule has 0 aromatic carbocycles. The van der Waals surface area contributed by atoms with Crippen molar-refractivity contribution in [2.75, 3.05) is 26.9 Å². The molecule has 13 heavy (non-hydrogen) atoms. The van der Waals surface area contributed by atoms with E-state index in [-0.39, 0.29) is 11.9 Å². The first-order valence-corrected chi connectivity index (χ1v) is 4.55. The van der Waals surface area contributed by atoms with Crippen LogP contribution in [0.4, 0.5) is 0 Å². The first-order valence-electron chi connectivity index (χ1n) is 4.55. The molecular formula is C9H19NO3. The van der Waals surface area contributed by atoms with Crippen LogP contribution in [-0.2, 0) is 14.3 Å². The molecule has 4 nitrogen and oxygen atoms in total. The van der Waals surface area contributed by atoms with Gasteiger partial charge in [-0.3, -0.25) is 4.79 Å². The maximum Gasteiger partial charge on any atom is 0.306 e. The Morgan fingerprint density at radius 3 is 2.69 bits per heavy atom. The maximum absolute atomic E-state index is 11.1. The van der Waals surface area contributed by atoms with Crippen molar-refractivity contribution in [2.24, 2.45) is 11.7 Å². The minimum atomic E-state index is -0.172. The molecule has 0 aliphatic carbocycles. The van der Waals surface area contributed by atoms with Crippen LogP contribution in [-0.4, -0.2) is 32.8 Å². The molecule has 4 heteroatoms. The first kappa shape index (κ1) is 12.4. The second-order valence-corrected chi connectivity index (χ2v) is 3.11. The third-order valence-corrected chi connectivity index (χ3v) is 1.67. The van der Waals surface area contributed by atoms with Gasteiger partial charge in [0.05, 0.1) is 6.61 Å². The number of methoxy groups -OCH3 is 1. The summed E-state index contributed by atoms with van der Waals surface area (Å²) in [6.07, 6.45) is 1.16. The van der Waals surface area contributed by atoms with Gasteiger partial charge in [0.25, 0.3) is 0 Å². The van der Waals surface area contributed by atoms with Gasteiger partial charge in [0.15, 0.2) is 0 Å². The molecule has 1 unspecified atom stereocenters. The summed E-state index contributed by atoms with van der Waals surface area (Å²) >= 11 is 0. The third-order valence-electron chi connectivity index (χ3n) is 1.67. The van der Waals surface area contributed by atoms with Gasteiger partial charge in [-0.15, -0.1) is 0 Å². The van der Waals surface area contributed by atoms with Crippen molar-refractivity contribution in [1.29, 1.82) is 0 Å². The van der Waals surface area contributed by atoms with Crippen LogP contribution in [0.1, 0.15) is 19.8 Å². The summed E-state index contributed by atoms with van der Waals surface area (Å²) in [7, 11) is 1.62. The number of hydrogen-bond donors (Lipinski definition) is 1. The third kappa shape index (κ3) is 7.74. The molecule has 2 N–H and O–H groups in total. The fraction of sp³-hybridized carbons (Fsp3) is 0.889. The van der Waals surface area contributed by atoms with Crippen molar-refractivity contribution >= 4 is 5.97 Å². The number of rotatable bonds is 7. The van der Waals surface area contributed by atoms with Crippen molar-refractivity contribution in [1.82, 2.24) is 0 Å². The Hall–Kier alpha value is -0.610. The number of esters is 1. The zero-order valence-corrected chi connectivity index (χ0v) is 8.41. The predicted molar refractivity (Wildman–Crippen MR) is 50.3 cm³/mol. The summed E-state index contributed by atoms with van der Waals surface area (Å²) in [6, 6.07) is 0. The highest BCUT2D eigenvalue weighted by molar-refractivity contribution is 5.69. The van der Waals surface area contributed by atoms with Gasteiger partial charge >= 0.3 is 5.97 Å². The van der Waals surface area contributed by atoms with Crippen LogP contribution in [0.15, 0.2) is 0 Å². The number of ether oxygens (including phenoxy) is 2. The lowest BCUT2D eigenvalue weighted by atomic mass is 10.1. The van der Waals surface area contributed by atoms with E-state index < -0.39 is 0 Å². The number of carbonyl (C=O) groups is 1. The second-order valence-electron chi connectivity index (χ2n) is 3.11. The summed E-state index contributed by atoms with van der Waals surface area (Å²) in [5, 5.41) is 0. The van der Waals surface area contributed by atoms with E-state index in [1.807, 2.05) is 6.92 Å². The maximum atomic E-state index is 11.1. The fourth-order valence-electron chi connectivity index (χ4n) is 0.816. The van der Waals surface area contributed by atoms with Crippen LogP contribution in [0.5, 0.6) is 0 Å². The molecule has 0 fully saturated rings. The Labute approximate surface area is 79.4 Å². The lowest BCUT2D eigenvalue weighted by Gasteiger charge is -2.07. The topological polar surface area (TPSA) is 61.5 Å². The SMILES string of the molecule is COCCCOC(=O)CC(C)CN. The minimum Gasteiger partial charge on any atom is -0.466 e. The smallest absolute Gasteiger partial charge is 0.306 e. The Balaban J connectivity index is 3.30. The van der Waals surface area contributed by atoms with Crippen LogP contribution >= 0.6 is 0 Å². The summed E-state index contributed by atoms with van der Waals surface area (Å²) < 4.78 is 9.76. The van der Waals surface area contributed by atoms with E-state index in [0.717, 1.165) is 6.42 Å². The van der Waals surface area contributed by atoms with Crippen molar-refractivity contribution in [3.63, 3.8) is 0 Å². The highest BCUT2D eigenvalue weighted by atomic mass is 16.5. The zero-order valence-electron chi connectivity index (χ0n) is 8.41. The number of hydrogen-bond acceptors (Lipinski definition) is 4. The molecule has 0 aliphatic heterocycles. The molecule has 0 aromatic heterocycles. The quantitative estimate of drug-likeness (QED) is 0.469. The van der Waals surface area contributed by atoms with E-state index in [4.69, 9.17) is 15.2 Å². The lowest BCUT2D eigenvalue weighted by molar-refractivity contribution is -0.144. The van der Waals surface area contributed by atoms with Gasteiger partial charge in [0.1, 0.15) is 0 Å². The van der Waals surface area contributed by atoms with Gasteiger partial charge in [-0.25, -0.2) is 0 Å². The van der Waals surface area contributed by atoms with Crippen LogP contribution < -0.4 is 5.73 Å². The molecule has 0 saturated heterocycles. The van der Waals surface area contributed by atoms with Gasteiger partial charge in [-0.2, -0.15) is 0 Å². The van der Waals surface area contributed by atoms with E-state index in [1.54, 1.807) is 7.11 Å². The molecule has 0 aliphatic rings. The molecule has 1 atom stereocenters. The monoisotopic (exact) mass is 189 g/mol. The van der Waals surface area contributed by atoms with E-state index in [9.17, 15) is 4.79 Å². The summed E-state index contributed by atoms with van der Waals surface area (Å²) in [5.74, 6) is 0.0315. The molecule has 78 valence electrons. The van der Waals surface area contributed by atoms with Gasteiger partial charge in [-0.05, 0) is 12.5 Å². The van der Waals surface area contributed by atoms with Crippen molar-refractivity contribution in [3.8, 4) is 0 Å². The van der Waals surface area contributed by atoms with E-state index >= 15 is 0 Å². The lowest BCUT2D eigenvalue weighted by Crippen LogP contribution is -2.17. The Morgan fingerprint density at radius 2 is 2.15 bits per heavy atom. The van der Waals surface area contributed by atoms with Gasteiger partial charge in [0.2, 0.25) is 0 Å². The molecular weight excluding hydrogens is 170 g/mol. The Kier molecular flexibility index (Phi) is 7.63. The Morgan fingerprint density at radius 1 is 1.46 bits per heavy atom. The molecule has 0 saturated carbocycles. The number of nitrogens with two attached hydrogens (primary N) is 1. The van der Waals surface area contributed by atoms with Gasteiger partial charge in [-0.1, -0.05) is 6.92 Å². The molecule has 0 rings (SSSR count). The molecule has 0 radical (unpaired) electrons. The summed E-state index contributed by atoms with van der Waals surface area (Å²) in [6.45, 7) is 3.51. The second kappa shape index (κ2) is 8.01. The average Bonchev–Trinajstić information content (AvgIpc) is 2.12. The molecule has 0 spiro atoms. The molecule has 0 amide bonds. The molecule has 0 heterocycles. The Bertz CT molecular complexity index is 139. The highest BCUT2D eigenvalue weighted by Crippen LogP contribution is 2.00. The van der Waals surface area contributed by atoms with Gasteiger partial charge < -0.3 is 15.2 Å². The molecule has 0 bridgehead atoms. The highest BCUT2D eigenvalue weighted by Gasteiger charge is 2.07. The van der Waals surface area contributed by atoms with Crippen molar-refractivity contribution < 1.29 is 14.3 Å². The number of carbonyl (C=O) groups excluding carboxylic acids is 1. The summed E-state index contributed by atoms with van der Waals surface area (Å²) in [5.41, 5.74) is 5.37. The van der Waals surface area contributed by atoms with Crippen LogP contribution in [0.25, 0.3) is 0 Å². The average molecular weight is 189 g/mol. The van der Waals surface area contributed by atoms with Crippen LogP contribution in [0.2, 0.25) is 0 Å². The minimum absolute atomic E-state index is 0.172.